The number of rotatable bonds is 22. The zero-order valence-corrected chi connectivity index (χ0v) is 38.8. The molecule has 0 aliphatic rings. The molecular weight excluding hydrogens is 1040 g/mol. The van der Waals surface area contributed by atoms with E-state index in [1.165, 1.54) is 92.3 Å². The Kier molecular flexibility index (Phi) is 27.0. The van der Waals surface area contributed by atoms with E-state index in [-0.39, 0.29) is 84.2 Å². The Labute approximate surface area is 408 Å². The smallest absolute Gasteiger partial charge is 0.753 e. The molecule has 0 radical (unpaired) electrons. The summed E-state index contributed by atoms with van der Waals surface area (Å²) in [6.45, 7) is 2.04. The van der Waals surface area contributed by atoms with Crippen molar-refractivity contribution in [2.45, 2.75) is 89.7 Å². The van der Waals surface area contributed by atoms with Crippen molar-refractivity contribution in [3.8, 4) is 28.5 Å². The van der Waals surface area contributed by atoms with Crippen LogP contribution in [0.25, 0.3) is 51.8 Å². The van der Waals surface area contributed by atoms with Gasteiger partial charge >= 0.3 is 38.0 Å². The number of nitrogens with one attached hydrogen (secondary N) is 2. The number of alkyl halides is 9. The molecule has 4 aromatic rings. The van der Waals surface area contributed by atoms with E-state index in [2.05, 4.69) is 48.6 Å². The summed E-state index contributed by atoms with van der Waals surface area (Å²) in [5.41, 5.74) is 7.59. The predicted octanol–water partition coefficient (Wildman–Crippen LogP) is 12.7. The van der Waals surface area contributed by atoms with E-state index in [9.17, 15) is 53.9 Å². The fraction of sp³-hybridized carbons (Fsp3) is 0.311. The van der Waals surface area contributed by atoms with Gasteiger partial charge in [0.05, 0.1) is 22.8 Å². The Balaban J connectivity index is 0.000000724. The van der Waals surface area contributed by atoms with Crippen molar-refractivity contribution in [1.82, 2.24) is 19.9 Å². The number of unbranched alkanes of at least 4 members (excludes halogenated alkanes) is 6. The number of carbonyl (C=O) groups is 3. The first-order valence-electron chi connectivity index (χ1n) is 20.0. The summed E-state index contributed by atoms with van der Waals surface area (Å²) in [6.07, 6.45) is -1.37. The van der Waals surface area contributed by atoms with Crippen molar-refractivity contribution in [3.05, 3.63) is 118 Å². The van der Waals surface area contributed by atoms with Gasteiger partial charge in [0.2, 0.25) is 0 Å². The van der Waals surface area contributed by atoms with Gasteiger partial charge in [-0.3, -0.25) is 34.7 Å². The third kappa shape index (κ3) is 24.9. The molecule has 0 fully saturated rings. The van der Waals surface area contributed by atoms with Crippen LogP contribution in [0.2, 0.25) is 0 Å². The molecule has 0 atom stereocenters. The number of isothiocyanates is 1. The van der Waals surface area contributed by atoms with E-state index in [0.29, 0.717) is 6.08 Å². The molecule has 13 nitrogen and oxygen atoms in total. The molecular formula is C45H42F9N7O6RuS. The first-order chi connectivity index (χ1) is 32.1. The Morgan fingerprint density at radius 1 is 0.710 bits per heavy atom. The third-order valence-corrected chi connectivity index (χ3v) is 8.64. The number of nitrogens with zero attached hydrogens (tertiary/aromatic N) is 5. The Hall–Kier alpha value is -6.51. The molecule has 0 saturated heterocycles. The van der Waals surface area contributed by atoms with Crippen LogP contribution in [0.5, 0.6) is 5.75 Å². The van der Waals surface area contributed by atoms with Crippen molar-refractivity contribution in [1.29, 1.82) is 5.41 Å². The maximum Gasteiger partial charge on any atom is 2.00 e. The van der Waals surface area contributed by atoms with E-state index >= 15 is 0 Å². The fourth-order valence-corrected chi connectivity index (χ4v) is 5.75. The normalized spacial score (nSPS) is 11.8. The SMILES string of the molecule is CCCCCCCCCc1ccnc(/C([NH-])=C/C(=N)C(F)(F)F)c1.O=CO/C(=C/c1ccnc(-c2cc(OC=O)cc(-c3cc(/C=C(\CC(F)(F)F)OC=O)ccn3)n2)c1)CC(F)(F)F.[N-]=C=S.[Ru+2]. The number of halogens is 9. The van der Waals surface area contributed by atoms with E-state index in [1.807, 2.05) is 6.07 Å². The van der Waals surface area contributed by atoms with Gasteiger partial charge in [-0.25, -0.2) is 4.98 Å². The number of allylic oxidation sites excluding steroid dienone is 3. The van der Waals surface area contributed by atoms with Crippen LogP contribution in [-0.2, 0) is 49.8 Å². The first kappa shape index (κ1) is 60.5. The van der Waals surface area contributed by atoms with Crippen molar-refractivity contribution >= 4 is 60.4 Å². The molecule has 370 valence electrons. The van der Waals surface area contributed by atoms with Crippen LogP contribution in [0.15, 0.2) is 84.7 Å². The minimum Gasteiger partial charge on any atom is -0.753 e. The summed E-state index contributed by atoms with van der Waals surface area (Å²) in [7, 11) is 0. The molecule has 4 heterocycles. The molecule has 2 N–H and O–H groups in total. The quantitative estimate of drug-likeness (QED) is 0.0149. The van der Waals surface area contributed by atoms with Crippen molar-refractivity contribution < 1.29 is 87.6 Å². The molecule has 0 bridgehead atoms. The topological polar surface area (TPSA) is 200 Å². The van der Waals surface area contributed by atoms with E-state index in [1.54, 1.807) is 6.07 Å². The summed E-state index contributed by atoms with van der Waals surface area (Å²) < 4.78 is 128. The van der Waals surface area contributed by atoms with Gasteiger partial charge in [-0.2, -0.15) is 44.7 Å². The van der Waals surface area contributed by atoms with Crippen LogP contribution < -0.4 is 4.74 Å². The van der Waals surface area contributed by atoms with Gasteiger partial charge in [-0.05, 0) is 84.2 Å². The molecule has 0 amide bonds. The van der Waals surface area contributed by atoms with Crippen LogP contribution in [0.3, 0.4) is 0 Å². The molecule has 0 aliphatic carbocycles. The molecule has 0 unspecified atom stereocenters. The number of ether oxygens (including phenoxy) is 3. The molecule has 0 saturated carbocycles. The molecule has 69 heavy (non-hydrogen) atoms. The van der Waals surface area contributed by atoms with Gasteiger partial charge in [0.1, 0.15) is 35.8 Å². The molecule has 0 aromatic carbocycles. The minimum atomic E-state index is -4.73. The second kappa shape index (κ2) is 30.8. The number of aryl methyl sites for hydroxylation is 1. The van der Waals surface area contributed by atoms with Crippen molar-refractivity contribution in [2.75, 3.05) is 0 Å². The summed E-state index contributed by atoms with van der Waals surface area (Å²) in [4.78, 5) is 48.9. The van der Waals surface area contributed by atoms with Crippen LogP contribution >= 0.6 is 12.2 Å². The van der Waals surface area contributed by atoms with Crippen LogP contribution in [0.1, 0.15) is 87.1 Å². The summed E-state index contributed by atoms with van der Waals surface area (Å²) in [6, 6.07) is 11.4. The maximum absolute atomic E-state index is 12.8. The fourth-order valence-electron chi connectivity index (χ4n) is 5.75. The number of carbonyl (C=O) groups excluding carboxylic acids is 3. The summed E-state index contributed by atoms with van der Waals surface area (Å²) in [5.74, 6) is -1.38. The molecule has 24 heteroatoms. The standard InChI is InChI=1S/C26H17F6N3O6.C18H25F3N3.CNS.Ru/c27-25(28,29)11-19(40-14-37)5-16-1-3-33-21(7-16)23-9-18(39-13-36)10-24(35-23)22-8-17(2-4-34-22)6-20(41-15-38)12-26(30,31)32;1-2-3-4-5-6-7-8-9-14-10-11-24-16(12-14)15(22)13-17(23)18(19,20)21;2-1-3;/h1-10,13-15H,11-12H2;10-13,22-23H,2-9H2,1H3;;/q;2*-1;+2/b19-5+,20-6+;15-13-,23-17?;;. The monoisotopic (exact) mass is 1080 g/mol. The van der Waals surface area contributed by atoms with Gasteiger partial charge in [-0.1, -0.05) is 57.7 Å². The Morgan fingerprint density at radius 2 is 1.17 bits per heavy atom. The third-order valence-electron chi connectivity index (χ3n) is 8.64. The second-order valence-electron chi connectivity index (χ2n) is 14.0. The van der Waals surface area contributed by atoms with E-state index in [4.69, 9.17) is 21.3 Å². The van der Waals surface area contributed by atoms with Crippen molar-refractivity contribution in [2.24, 2.45) is 0 Å². The minimum absolute atomic E-state index is 0. The summed E-state index contributed by atoms with van der Waals surface area (Å²) in [5, 5.41) is 15.4. The first-order valence-corrected chi connectivity index (χ1v) is 20.4. The second-order valence-corrected chi connectivity index (χ2v) is 14.1. The maximum atomic E-state index is 12.8. The zero-order chi connectivity index (χ0) is 50.8. The molecule has 4 rings (SSSR count). The zero-order valence-electron chi connectivity index (χ0n) is 36.2. The predicted molar refractivity (Wildman–Crippen MR) is 237 cm³/mol. The number of hydrogen-bond acceptors (Lipinski definition) is 12. The average Bonchev–Trinajstić information content (AvgIpc) is 3.25. The molecule has 4 aromatic heterocycles. The number of thiocarbonyl (C=S) groups is 1. The van der Waals surface area contributed by atoms with Gasteiger partial charge in [0.25, 0.3) is 19.4 Å². The van der Waals surface area contributed by atoms with E-state index < -0.39 is 54.3 Å². The number of aromatic nitrogens is 4. The van der Waals surface area contributed by atoms with Crippen LogP contribution in [-0.4, -0.2) is 68.8 Å². The van der Waals surface area contributed by atoms with Gasteiger partial charge in [0.15, 0.2) is 0 Å². The van der Waals surface area contributed by atoms with Crippen LogP contribution in [0, 0.1) is 5.41 Å². The molecule has 0 spiro atoms. The Morgan fingerprint density at radius 3 is 1.61 bits per heavy atom. The number of hydrogen-bond donors (Lipinski definition) is 1. The van der Waals surface area contributed by atoms with Gasteiger partial charge < -0.3 is 25.4 Å². The molecule has 0 aliphatic heterocycles. The average molecular weight is 1080 g/mol. The van der Waals surface area contributed by atoms with Gasteiger partial charge in [-0.15, -0.1) is 5.70 Å². The van der Waals surface area contributed by atoms with E-state index in [0.717, 1.165) is 37.0 Å². The van der Waals surface area contributed by atoms with Gasteiger partial charge in [0, 0.05) is 36.4 Å². The van der Waals surface area contributed by atoms with Crippen molar-refractivity contribution in [3.63, 3.8) is 0 Å². The Bertz CT molecular complexity index is 2320. The summed E-state index contributed by atoms with van der Waals surface area (Å²) >= 11 is 3.70. The largest absolute Gasteiger partial charge is 2.00 e. The van der Waals surface area contributed by atoms with Crippen LogP contribution in [0.4, 0.5) is 39.5 Å². The number of pyridine rings is 4.